The molecule has 1 aromatic carbocycles. The first-order valence-corrected chi connectivity index (χ1v) is 10.8. The summed E-state index contributed by atoms with van der Waals surface area (Å²) in [6, 6.07) is 5.09. The fourth-order valence-corrected chi connectivity index (χ4v) is 2.96. The molecule has 0 saturated carbocycles. The molecule has 0 radical (unpaired) electrons. The van der Waals surface area contributed by atoms with Crippen LogP contribution in [0, 0.1) is 5.82 Å². The second kappa shape index (κ2) is 13.6. The van der Waals surface area contributed by atoms with Crippen LogP contribution >= 0.6 is 0 Å². The highest BCUT2D eigenvalue weighted by Crippen LogP contribution is 2.22. The number of aromatic nitrogens is 2. The van der Waals surface area contributed by atoms with Crippen LogP contribution in [0.2, 0.25) is 0 Å². The SMILES string of the molecule is C=CCOc1cnc(-c2ccc(/C=C/CCCC(C)OCCCCC)cc2F)nc1. The number of nitrogens with zero attached hydrogens (tertiary/aromatic N) is 2. The van der Waals surface area contributed by atoms with Gasteiger partial charge in [0.25, 0.3) is 0 Å². The molecule has 0 aliphatic carbocycles. The van der Waals surface area contributed by atoms with E-state index in [1.165, 1.54) is 31.3 Å². The maximum Gasteiger partial charge on any atom is 0.162 e. The molecule has 1 heterocycles. The van der Waals surface area contributed by atoms with Gasteiger partial charge in [-0.3, -0.25) is 0 Å². The summed E-state index contributed by atoms with van der Waals surface area (Å²) < 4.78 is 25.7. The number of benzene rings is 1. The average Bonchev–Trinajstić information content (AvgIpc) is 2.75. The minimum Gasteiger partial charge on any atom is -0.486 e. The highest BCUT2D eigenvalue weighted by Gasteiger charge is 2.08. The zero-order valence-electron chi connectivity index (χ0n) is 18.1. The van der Waals surface area contributed by atoms with Gasteiger partial charge in [-0.05, 0) is 50.3 Å². The molecule has 2 rings (SSSR count). The molecule has 0 saturated heterocycles. The molecule has 0 fully saturated rings. The third-order valence-electron chi connectivity index (χ3n) is 4.67. The second-order valence-electron chi connectivity index (χ2n) is 7.30. The van der Waals surface area contributed by atoms with Crippen molar-refractivity contribution in [3.63, 3.8) is 0 Å². The fraction of sp³-hybridized carbons (Fsp3) is 0.440. The van der Waals surface area contributed by atoms with Gasteiger partial charge in [-0.25, -0.2) is 14.4 Å². The lowest BCUT2D eigenvalue weighted by Gasteiger charge is -2.12. The number of halogens is 1. The molecule has 0 aliphatic heterocycles. The summed E-state index contributed by atoms with van der Waals surface area (Å²) in [5, 5.41) is 0. The van der Waals surface area contributed by atoms with E-state index in [0.717, 1.165) is 37.9 Å². The van der Waals surface area contributed by atoms with Crippen LogP contribution in [0.15, 0.2) is 49.3 Å². The Kier molecular flexibility index (Phi) is 10.8. The minimum atomic E-state index is -0.342. The third-order valence-corrected chi connectivity index (χ3v) is 4.67. The zero-order valence-corrected chi connectivity index (χ0v) is 18.1. The van der Waals surface area contributed by atoms with Crippen molar-refractivity contribution in [3.05, 3.63) is 60.7 Å². The Balaban J connectivity index is 1.80. The van der Waals surface area contributed by atoms with E-state index in [1.54, 1.807) is 12.1 Å². The number of allylic oxidation sites excluding steroid dienone is 1. The largest absolute Gasteiger partial charge is 0.486 e. The first-order valence-electron chi connectivity index (χ1n) is 10.8. The lowest BCUT2D eigenvalue weighted by atomic mass is 10.1. The predicted molar refractivity (Wildman–Crippen MR) is 121 cm³/mol. The normalized spacial score (nSPS) is 12.2. The molecule has 1 aromatic heterocycles. The highest BCUT2D eigenvalue weighted by atomic mass is 19.1. The Labute approximate surface area is 179 Å². The van der Waals surface area contributed by atoms with Crippen molar-refractivity contribution < 1.29 is 13.9 Å². The molecule has 2 aromatic rings. The third kappa shape index (κ3) is 8.46. The summed E-state index contributed by atoms with van der Waals surface area (Å²) >= 11 is 0. The zero-order chi connectivity index (χ0) is 21.6. The van der Waals surface area contributed by atoms with Crippen LogP contribution in [0.5, 0.6) is 5.75 Å². The smallest absolute Gasteiger partial charge is 0.162 e. The highest BCUT2D eigenvalue weighted by molar-refractivity contribution is 5.60. The lowest BCUT2D eigenvalue weighted by molar-refractivity contribution is 0.0566. The maximum atomic E-state index is 14.5. The predicted octanol–water partition coefficient (Wildman–Crippen LogP) is 6.63. The Hall–Kier alpha value is -2.53. The lowest BCUT2D eigenvalue weighted by Crippen LogP contribution is -2.08. The van der Waals surface area contributed by atoms with E-state index >= 15 is 0 Å². The van der Waals surface area contributed by atoms with Crippen LogP contribution in [0.4, 0.5) is 4.39 Å². The van der Waals surface area contributed by atoms with Gasteiger partial charge in [0, 0.05) is 6.61 Å². The Morgan fingerprint density at radius 1 is 1.17 bits per heavy atom. The van der Waals surface area contributed by atoms with Gasteiger partial charge in [0.1, 0.15) is 12.4 Å². The van der Waals surface area contributed by atoms with Crippen LogP contribution in [0.3, 0.4) is 0 Å². The molecule has 0 N–H and O–H groups in total. The number of rotatable bonds is 14. The van der Waals surface area contributed by atoms with Crippen molar-refractivity contribution in [1.82, 2.24) is 9.97 Å². The van der Waals surface area contributed by atoms with Gasteiger partial charge in [0.05, 0.1) is 24.1 Å². The fourth-order valence-electron chi connectivity index (χ4n) is 2.96. The van der Waals surface area contributed by atoms with E-state index in [2.05, 4.69) is 36.5 Å². The van der Waals surface area contributed by atoms with Gasteiger partial charge in [-0.1, -0.05) is 50.6 Å². The minimum absolute atomic E-state index is 0.292. The molecular formula is C25H33FN2O2. The Morgan fingerprint density at radius 2 is 1.97 bits per heavy atom. The number of ether oxygens (including phenoxy) is 2. The van der Waals surface area contributed by atoms with E-state index < -0.39 is 0 Å². The molecule has 0 spiro atoms. The summed E-state index contributed by atoms with van der Waals surface area (Å²) in [5.74, 6) is 0.521. The van der Waals surface area contributed by atoms with Crippen LogP contribution in [0.1, 0.15) is 57.9 Å². The molecule has 0 bridgehead atoms. The monoisotopic (exact) mass is 412 g/mol. The van der Waals surface area contributed by atoms with Gasteiger partial charge in [0.2, 0.25) is 0 Å². The van der Waals surface area contributed by atoms with Gasteiger partial charge < -0.3 is 9.47 Å². The molecule has 4 nitrogen and oxygen atoms in total. The average molecular weight is 413 g/mol. The molecular weight excluding hydrogens is 379 g/mol. The van der Waals surface area contributed by atoms with Crippen LogP contribution in [-0.2, 0) is 4.74 Å². The first-order chi connectivity index (χ1) is 14.6. The van der Waals surface area contributed by atoms with E-state index in [4.69, 9.17) is 9.47 Å². The summed E-state index contributed by atoms with van der Waals surface area (Å²) in [5.41, 5.74) is 1.20. The van der Waals surface area contributed by atoms with Gasteiger partial charge in [0.15, 0.2) is 11.6 Å². The molecule has 0 aliphatic rings. The topological polar surface area (TPSA) is 44.2 Å². The van der Waals surface area contributed by atoms with Crippen molar-refractivity contribution in [2.75, 3.05) is 13.2 Å². The Bertz CT molecular complexity index is 790. The van der Waals surface area contributed by atoms with Crippen molar-refractivity contribution in [3.8, 4) is 17.1 Å². The first kappa shape index (κ1) is 23.7. The summed E-state index contributed by atoms with van der Waals surface area (Å²) in [6.45, 7) is 9.14. The molecule has 162 valence electrons. The maximum absolute atomic E-state index is 14.5. The second-order valence-corrected chi connectivity index (χ2v) is 7.30. The van der Waals surface area contributed by atoms with E-state index in [9.17, 15) is 4.39 Å². The van der Waals surface area contributed by atoms with Gasteiger partial charge in [-0.2, -0.15) is 0 Å². The molecule has 1 atom stereocenters. The number of unbranched alkanes of at least 4 members (excludes halogenated alkanes) is 3. The van der Waals surface area contributed by atoms with Crippen LogP contribution in [0.25, 0.3) is 17.5 Å². The van der Waals surface area contributed by atoms with E-state index in [-0.39, 0.29) is 5.82 Å². The van der Waals surface area contributed by atoms with Crippen LogP contribution < -0.4 is 4.74 Å². The standard InChI is InChI=1S/C25H33FN2O2/c1-4-6-10-16-29-20(3)11-8-7-9-12-21-13-14-23(24(26)17-21)25-27-18-22(19-28-25)30-15-5-2/h5,9,12-14,17-20H,2,4,6-8,10-11,15-16H2,1,3H3/b12-9+. The molecule has 1 unspecified atom stereocenters. The molecule has 30 heavy (non-hydrogen) atoms. The quantitative estimate of drug-likeness (QED) is 0.258. The summed E-state index contributed by atoms with van der Waals surface area (Å²) in [4.78, 5) is 8.37. The van der Waals surface area contributed by atoms with Crippen molar-refractivity contribution in [1.29, 1.82) is 0 Å². The Morgan fingerprint density at radius 3 is 2.67 bits per heavy atom. The van der Waals surface area contributed by atoms with Crippen molar-refractivity contribution in [2.24, 2.45) is 0 Å². The number of hydrogen-bond acceptors (Lipinski definition) is 4. The van der Waals surface area contributed by atoms with Gasteiger partial charge >= 0.3 is 0 Å². The molecule has 5 heteroatoms. The summed E-state index contributed by atoms with van der Waals surface area (Å²) in [7, 11) is 0. The van der Waals surface area contributed by atoms with E-state index in [1.807, 2.05) is 12.1 Å². The van der Waals surface area contributed by atoms with Gasteiger partial charge in [-0.15, -0.1) is 0 Å². The van der Waals surface area contributed by atoms with Crippen molar-refractivity contribution in [2.45, 2.75) is 58.5 Å². The van der Waals surface area contributed by atoms with E-state index in [0.29, 0.717) is 29.8 Å². The van der Waals surface area contributed by atoms with Crippen molar-refractivity contribution >= 4 is 6.08 Å². The molecule has 0 amide bonds. The van der Waals surface area contributed by atoms with Crippen LogP contribution in [-0.4, -0.2) is 29.3 Å². The number of hydrogen-bond donors (Lipinski definition) is 0. The summed E-state index contributed by atoms with van der Waals surface area (Å²) in [6.07, 6.45) is 15.7.